The van der Waals surface area contributed by atoms with Crippen molar-refractivity contribution in [3.05, 3.63) is 35.6 Å². The van der Waals surface area contributed by atoms with Crippen LogP contribution in [0, 0.1) is 11.7 Å². The number of hydrogen-bond acceptors (Lipinski definition) is 3. The van der Waals surface area contributed by atoms with Crippen molar-refractivity contribution in [3.63, 3.8) is 0 Å². The summed E-state index contributed by atoms with van der Waals surface area (Å²) in [7, 11) is 0. The fraction of sp³-hybridized carbons (Fsp3) is 0.636. The van der Waals surface area contributed by atoms with Gasteiger partial charge >= 0.3 is 0 Å². The van der Waals surface area contributed by atoms with Crippen LogP contribution < -0.4 is 5.32 Å². The molecule has 0 aliphatic carbocycles. The second-order valence-electron chi connectivity index (χ2n) is 8.65. The molecule has 0 atom stereocenters. The Labute approximate surface area is 167 Å². The van der Waals surface area contributed by atoms with Gasteiger partial charge in [-0.05, 0) is 76.9 Å². The van der Waals surface area contributed by atoms with Crippen molar-refractivity contribution >= 4 is 11.8 Å². The van der Waals surface area contributed by atoms with Crippen molar-refractivity contribution in [2.45, 2.75) is 51.5 Å². The minimum atomic E-state index is -0.348. The van der Waals surface area contributed by atoms with Gasteiger partial charge in [0.1, 0.15) is 5.82 Å². The van der Waals surface area contributed by atoms with Crippen LogP contribution in [0.4, 0.5) is 4.39 Å². The van der Waals surface area contributed by atoms with Crippen LogP contribution >= 0.6 is 0 Å². The van der Waals surface area contributed by atoms with Crippen molar-refractivity contribution in [3.8, 4) is 0 Å². The molecule has 1 N–H and O–H groups in total. The van der Waals surface area contributed by atoms with E-state index in [0.29, 0.717) is 38.0 Å². The first-order valence-corrected chi connectivity index (χ1v) is 10.4. The molecule has 2 amide bonds. The Kier molecular flexibility index (Phi) is 6.70. The van der Waals surface area contributed by atoms with Crippen molar-refractivity contribution in [1.82, 2.24) is 15.1 Å². The van der Waals surface area contributed by atoms with Crippen LogP contribution in [-0.2, 0) is 4.79 Å². The third-order valence-corrected chi connectivity index (χ3v) is 6.15. The number of likely N-dealkylation sites (tertiary alicyclic amines) is 2. The van der Waals surface area contributed by atoms with E-state index in [1.165, 1.54) is 43.5 Å². The van der Waals surface area contributed by atoms with Gasteiger partial charge in [0.05, 0.1) is 0 Å². The van der Waals surface area contributed by atoms with Gasteiger partial charge in [-0.3, -0.25) is 14.5 Å². The third kappa shape index (κ3) is 5.10. The molecule has 0 saturated carbocycles. The second kappa shape index (κ2) is 9.03. The van der Waals surface area contributed by atoms with E-state index in [-0.39, 0.29) is 29.1 Å². The molecular weight excluding hydrogens is 357 g/mol. The fourth-order valence-corrected chi connectivity index (χ4v) is 4.18. The van der Waals surface area contributed by atoms with Gasteiger partial charge in [-0.1, -0.05) is 6.42 Å². The van der Waals surface area contributed by atoms with Gasteiger partial charge in [-0.25, -0.2) is 4.39 Å². The Balaban J connectivity index is 1.45. The van der Waals surface area contributed by atoms with Crippen LogP contribution in [0.3, 0.4) is 0 Å². The highest BCUT2D eigenvalue weighted by Gasteiger charge is 2.31. The topological polar surface area (TPSA) is 52.7 Å². The summed E-state index contributed by atoms with van der Waals surface area (Å²) in [5, 5.41) is 3.15. The summed E-state index contributed by atoms with van der Waals surface area (Å²) in [6.07, 6.45) is 5.11. The predicted octanol–water partition coefficient (Wildman–Crippen LogP) is 3.06. The SMILES string of the molecule is CC(C)(CNC(=O)C1CCN(C(=O)c2ccc(F)cc2)CC1)N1CCCCC1. The molecule has 3 rings (SSSR count). The molecule has 28 heavy (non-hydrogen) atoms. The van der Waals surface area contributed by atoms with Crippen LogP contribution in [0.25, 0.3) is 0 Å². The predicted molar refractivity (Wildman–Crippen MR) is 108 cm³/mol. The number of carbonyl (C=O) groups is 2. The molecule has 2 heterocycles. The monoisotopic (exact) mass is 389 g/mol. The average molecular weight is 390 g/mol. The van der Waals surface area contributed by atoms with Crippen molar-refractivity contribution in [1.29, 1.82) is 0 Å². The molecule has 0 unspecified atom stereocenters. The van der Waals surface area contributed by atoms with Crippen molar-refractivity contribution < 1.29 is 14.0 Å². The van der Waals surface area contributed by atoms with E-state index in [1.54, 1.807) is 4.90 Å². The highest BCUT2D eigenvalue weighted by atomic mass is 19.1. The Morgan fingerprint density at radius 2 is 1.64 bits per heavy atom. The summed E-state index contributed by atoms with van der Waals surface area (Å²) in [5.41, 5.74) is 0.461. The molecule has 0 spiro atoms. The Morgan fingerprint density at radius 1 is 1.04 bits per heavy atom. The van der Waals surface area contributed by atoms with Gasteiger partial charge in [0.2, 0.25) is 5.91 Å². The number of nitrogens with zero attached hydrogens (tertiary/aromatic N) is 2. The van der Waals surface area contributed by atoms with Crippen LogP contribution in [0.1, 0.15) is 56.3 Å². The zero-order chi connectivity index (χ0) is 20.1. The van der Waals surface area contributed by atoms with Crippen LogP contribution in [0.5, 0.6) is 0 Å². The minimum absolute atomic E-state index is 0.0324. The quantitative estimate of drug-likeness (QED) is 0.842. The molecule has 0 aromatic heterocycles. The largest absolute Gasteiger partial charge is 0.354 e. The van der Waals surface area contributed by atoms with Gasteiger partial charge in [-0.2, -0.15) is 0 Å². The highest BCUT2D eigenvalue weighted by Crippen LogP contribution is 2.22. The fourth-order valence-electron chi connectivity index (χ4n) is 4.18. The van der Waals surface area contributed by atoms with Crippen LogP contribution in [-0.4, -0.2) is 59.9 Å². The van der Waals surface area contributed by atoms with Crippen molar-refractivity contribution in [2.75, 3.05) is 32.7 Å². The van der Waals surface area contributed by atoms with E-state index in [4.69, 9.17) is 0 Å². The van der Waals surface area contributed by atoms with E-state index in [0.717, 1.165) is 13.1 Å². The average Bonchev–Trinajstić information content (AvgIpc) is 2.73. The smallest absolute Gasteiger partial charge is 0.253 e. The molecule has 1 aromatic carbocycles. The zero-order valence-corrected chi connectivity index (χ0v) is 17.0. The lowest BCUT2D eigenvalue weighted by Crippen LogP contribution is -2.54. The molecule has 0 radical (unpaired) electrons. The number of carbonyl (C=O) groups excluding carboxylic acids is 2. The molecule has 6 heteroatoms. The number of benzene rings is 1. The Morgan fingerprint density at radius 3 is 2.25 bits per heavy atom. The summed E-state index contributed by atoms with van der Waals surface area (Å²) in [6, 6.07) is 5.63. The van der Waals surface area contributed by atoms with E-state index in [1.807, 2.05) is 0 Å². The minimum Gasteiger partial charge on any atom is -0.354 e. The maximum atomic E-state index is 13.0. The molecule has 2 aliphatic rings. The van der Waals surface area contributed by atoms with Gasteiger partial charge in [-0.15, -0.1) is 0 Å². The van der Waals surface area contributed by atoms with Gasteiger partial charge in [0, 0.05) is 36.7 Å². The molecule has 2 fully saturated rings. The van der Waals surface area contributed by atoms with E-state index < -0.39 is 0 Å². The van der Waals surface area contributed by atoms with E-state index >= 15 is 0 Å². The second-order valence-corrected chi connectivity index (χ2v) is 8.65. The zero-order valence-electron chi connectivity index (χ0n) is 17.0. The molecule has 5 nitrogen and oxygen atoms in total. The first kappa shape index (κ1) is 20.8. The number of piperidine rings is 2. The van der Waals surface area contributed by atoms with Crippen LogP contribution in [0.15, 0.2) is 24.3 Å². The Bertz CT molecular complexity index is 676. The number of hydrogen-bond donors (Lipinski definition) is 1. The molecule has 154 valence electrons. The third-order valence-electron chi connectivity index (χ3n) is 6.15. The highest BCUT2D eigenvalue weighted by molar-refractivity contribution is 5.94. The molecule has 2 aliphatic heterocycles. The lowest BCUT2D eigenvalue weighted by atomic mass is 9.94. The summed E-state index contributed by atoms with van der Waals surface area (Å²) in [6.45, 7) is 8.37. The maximum Gasteiger partial charge on any atom is 0.253 e. The summed E-state index contributed by atoms with van der Waals surface area (Å²) >= 11 is 0. The number of rotatable bonds is 5. The van der Waals surface area contributed by atoms with E-state index in [9.17, 15) is 14.0 Å². The maximum absolute atomic E-state index is 13.0. The summed E-state index contributed by atoms with van der Waals surface area (Å²) in [5.74, 6) is -0.391. The standard InChI is InChI=1S/C22H32FN3O2/c1-22(2,26-12-4-3-5-13-26)16-24-20(27)17-10-14-25(15-11-17)21(28)18-6-8-19(23)9-7-18/h6-9,17H,3-5,10-16H2,1-2H3,(H,24,27). The first-order chi connectivity index (χ1) is 13.4. The van der Waals surface area contributed by atoms with Crippen molar-refractivity contribution in [2.24, 2.45) is 5.92 Å². The van der Waals surface area contributed by atoms with Gasteiger partial charge in [0.15, 0.2) is 0 Å². The number of nitrogens with one attached hydrogen (secondary N) is 1. The number of amides is 2. The van der Waals surface area contributed by atoms with Gasteiger partial charge < -0.3 is 10.2 Å². The Hall–Kier alpha value is -1.95. The normalized spacial score (nSPS) is 19.5. The molecule has 1 aromatic rings. The summed E-state index contributed by atoms with van der Waals surface area (Å²) in [4.78, 5) is 29.4. The molecule has 2 saturated heterocycles. The van der Waals surface area contributed by atoms with E-state index in [2.05, 4.69) is 24.1 Å². The summed E-state index contributed by atoms with van der Waals surface area (Å²) < 4.78 is 13.0. The lowest BCUT2D eigenvalue weighted by Gasteiger charge is -2.41. The molecule has 0 bridgehead atoms. The number of halogens is 1. The molecular formula is C22H32FN3O2. The van der Waals surface area contributed by atoms with Crippen LogP contribution in [0.2, 0.25) is 0 Å². The lowest BCUT2D eigenvalue weighted by molar-refractivity contribution is -0.126. The van der Waals surface area contributed by atoms with Gasteiger partial charge in [0.25, 0.3) is 5.91 Å². The first-order valence-electron chi connectivity index (χ1n) is 10.4.